The van der Waals surface area contributed by atoms with E-state index < -0.39 is 0 Å². The van der Waals surface area contributed by atoms with Gasteiger partial charge >= 0.3 is 0 Å². The molecule has 146 valence electrons. The van der Waals surface area contributed by atoms with Gasteiger partial charge in [0.05, 0.1) is 23.7 Å². The Labute approximate surface area is 179 Å². The van der Waals surface area contributed by atoms with Gasteiger partial charge in [0.25, 0.3) is 5.65 Å². The maximum absolute atomic E-state index is 4.47. The largest absolute Gasteiger partial charge is 0.275 e. The molecule has 0 fully saturated rings. The summed E-state index contributed by atoms with van der Waals surface area (Å²) in [5.41, 5.74) is 8.50. The Morgan fingerprint density at radius 2 is 1.39 bits per heavy atom. The van der Waals surface area contributed by atoms with E-state index in [1.54, 1.807) is 0 Å². The molecule has 7 rings (SSSR count). The van der Waals surface area contributed by atoms with Crippen LogP contribution in [0.5, 0.6) is 0 Å². The fourth-order valence-corrected chi connectivity index (χ4v) is 5.03. The van der Waals surface area contributed by atoms with Crippen LogP contribution < -0.4 is 4.57 Å². The number of rotatable bonds is 2. The van der Waals surface area contributed by atoms with Gasteiger partial charge in [-0.05, 0) is 36.4 Å². The zero-order valence-electron chi connectivity index (χ0n) is 16.8. The van der Waals surface area contributed by atoms with Gasteiger partial charge in [0.15, 0.2) is 5.52 Å². The van der Waals surface area contributed by atoms with Gasteiger partial charge in [0.2, 0.25) is 5.82 Å². The highest BCUT2D eigenvalue weighted by molar-refractivity contribution is 6.06. The molecule has 0 radical (unpaired) electrons. The molecule has 4 heterocycles. The van der Waals surface area contributed by atoms with Crippen molar-refractivity contribution in [1.82, 2.24) is 14.1 Å². The van der Waals surface area contributed by atoms with Crippen molar-refractivity contribution in [2.24, 2.45) is 0 Å². The first-order chi connectivity index (χ1) is 15.4. The minimum atomic E-state index is 0.860. The molecule has 0 aliphatic carbocycles. The first kappa shape index (κ1) is 16.6. The smallest absolute Gasteiger partial charge is 0.261 e. The maximum atomic E-state index is 4.47. The Balaban J connectivity index is 1.73. The molecule has 4 nitrogen and oxygen atoms in total. The van der Waals surface area contributed by atoms with Crippen LogP contribution in [0.25, 0.3) is 44.8 Å². The number of benzene rings is 3. The average molecular weight is 399 g/mol. The molecule has 1 aliphatic heterocycles. The lowest BCUT2D eigenvalue weighted by Crippen LogP contribution is -2.33. The van der Waals surface area contributed by atoms with Gasteiger partial charge in [0.1, 0.15) is 16.9 Å². The minimum absolute atomic E-state index is 0.860. The summed E-state index contributed by atoms with van der Waals surface area (Å²) in [6.45, 7) is 0.860. The third-order valence-corrected chi connectivity index (χ3v) is 6.28. The van der Waals surface area contributed by atoms with Crippen LogP contribution in [0.2, 0.25) is 0 Å². The lowest BCUT2D eigenvalue weighted by molar-refractivity contribution is -0.648. The van der Waals surface area contributed by atoms with Crippen LogP contribution in [0.3, 0.4) is 0 Å². The summed E-state index contributed by atoms with van der Waals surface area (Å²) in [6.07, 6.45) is 3.87. The molecule has 0 N–H and O–H groups in total. The van der Waals surface area contributed by atoms with Crippen molar-refractivity contribution in [2.75, 3.05) is 0 Å². The van der Waals surface area contributed by atoms with Crippen LogP contribution in [-0.4, -0.2) is 14.1 Å². The van der Waals surface area contributed by atoms with E-state index in [0.29, 0.717) is 0 Å². The van der Waals surface area contributed by atoms with Gasteiger partial charge in [-0.1, -0.05) is 54.6 Å². The highest BCUT2D eigenvalue weighted by atomic mass is 15.3. The molecule has 3 aromatic heterocycles. The van der Waals surface area contributed by atoms with Crippen molar-refractivity contribution < 1.29 is 4.57 Å². The van der Waals surface area contributed by atoms with E-state index in [9.17, 15) is 0 Å². The highest BCUT2D eigenvalue weighted by Gasteiger charge is 2.37. The summed E-state index contributed by atoms with van der Waals surface area (Å²) < 4.78 is 7.23. The van der Waals surface area contributed by atoms with Crippen molar-refractivity contribution in [2.45, 2.75) is 6.54 Å². The topological polar surface area (TPSA) is 26.6 Å². The molecule has 31 heavy (non-hydrogen) atoms. The summed E-state index contributed by atoms with van der Waals surface area (Å²) >= 11 is 0. The molecule has 0 spiro atoms. The van der Waals surface area contributed by atoms with Crippen LogP contribution in [0.1, 0.15) is 5.56 Å². The van der Waals surface area contributed by atoms with Gasteiger partial charge in [-0.25, -0.2) is 13.7 Å². The van der Waals surface area contributed by atoms with Crippen molar-refractivity contribution in [3.8, 4) is 22.8 Å². The van der Waals surface area contributed by atoms with E-state index in [-0.39, 0.29) is 0 Å². The number of fused-ring (bicyclic) bond motifs is 7. The Bertz CT molecular complexity index is 1590. The standard InChI is InChI=1S/C27H19N4/c1-3-10-20(11-4-1)30-24-17-28-16-15-23(24)25-27(30)29-18-19-9-7-8-14-22(19)26(29)31(25)21-12-5-2-6-13-21/h1-17H,18H2/q+1. The summed E-state index contributed by atoms with van der Waals surface area (Å²) in [5.74, 6) is 1.23. The highest BCUT2D eigenvalue weighted by Crippen LogP contribution is 2.39. The normalized spacial score (nSPS) is 12.4. The minimum Gasteiger partial charge on any atom is -0.261 e. The van der Waals surface area contributed by atoms with Crippen LogP contribution in [-0.2, 0) is 6.54 Å². The van der Waals surface area contributed by atoms with Crippen molar-refractivity contribution in [1.29, 1.82) is 0 Å². The zero-order chi connectivity index (χ0) is 20.4. The maximum Gasteiger partial charge on any atom is 0.275 e. The van der Waals surface area contributed by atoms with Gasteiger partial charge in [-0.2, -0.15) is 0 Å². The molecule has 4 heteroatoms. The van der Waals surface area contributed by atoms with Crippen LogP contribution in [0, 0.1) is 0 Å². The van der Waals surface area contributed by atoms with Gasteiger partial charge in [-0.3, -0.25) is 4.98 Å². The summed E-state index contributed by atoms with van der Waals surface area (Å²) in [5, 5.41) is 1.21. The summed E-state index contributed by atoms with van der Waals surface area (Å²) in [7, 11) is 0. The van der Waals surface area contributed by atoms with E-state index in [2.05, 4.69) is 110 Å². The second kappa shape index (κ2) is 6.16. The Hall–Kier alpha value is -4.18. The molecular formula is C27H19N4+. The molecule has 0 saturated carbocycles. The molecule has 1 aliphatic rings. The molecular weight excluding hydrogens is 380 g/mol. The SMILES string of the molecule is c1ccc(-n2c3[n+](c4c2c2ccncc2n4-c2ccccc2)Cc2ccccc2-3)cc1. The second-order valence-electron chi connectivity index (χ2n) is 7.97. The van der Waals surface area contributed by atoms with E-state index in [0.717, 1.165) is 17.7 Å². The van der Waals surface area contributed by atoms with Crippen LogP contribution in [0.4, 0.5) is 0 Å². The number of aromatic nitrogens is 4. The number of pyridine rings is 1. The van der Waals surface area contributed by atoms with Crippen molar-refractivity contribution >= 4 is 22.1 Å². The fraction of sp³-hybridized carbons (Fsp3) is 0.0370. The molecule has 6 aromatic rings. The number of para-hydroxylation sites is 2. The van der Waals surface area contributed by atoms with Crippen LogP contribution >= 0.6 is 0 Å². The van der Waals surface area contributed by atoms with Crippen molar-refractivity contribution in [3.05, 3.63) is 109 Å². The molecule has 0 saturated heterocycles. The lowest BCUT2D eigenvalue weighted by Gasteiger charge is -2.04. The average Bonchev–Trinajstić information content (AvgIpc) is 3.47. The van der Waals surface area contributed by atoms with E-state index in [1.807, 2.05) is 12.4 Å². The third-order valence-electron chi connectivity index (χ3n) is 6.28. The number of hydrogen-bond acceptors (Lipinski definition) is 1. The Morgan fingerprint density at radius 1 is 0.710 bits per heavy atom. The van der Waals surface area contributed by atoms with E-state index in [1.165, 1.54) is 39.2 Å². The predicted molar refractivity (Wildman–Crippen MR) is 123 cm³/mol. The number of hydrogen-bond donors (Lipinski definition) is 0. The lowest BCUT2D eigenvalue weighted by atomic mass is 10.1. The first-order valence-electron chi connectivity index (χ1n) is 10.5. The monoisotopic (exact) mass is 399 g/mol. The van der Waals surface area contributed by atoms with Gasteiger partial charge in [0, 0.05) is 11.8 Å². The Morgan fingerprint density at radius 3 is 2.16 bits per heavy atom. The number of imidazole rings is 1. The second-order valence-corrected chi connectivity index (χ2v) is 7.97. The van der Waals surface area contributed by atoms with Crippen molar-refractivity contribution in [3.63, 3.8) is 0 Å². The molecule has 3 aromatic carbocycles. The number of nitrogens with zero attached hydrogens (tertiary/aromatic N) is 4. The predicted octanol–water partition coefficient (Wildman–Crippen LogP) is 5.29. The van der Waals surface area contributed by atoms with E-state index in [4.69, 9.17) is 0 Å². The summed E-state index contributed by atoms with van der Waals surface area (Å²) in [6, 6.07) is 32.1. The first-order valence-corrected chi connectivity index (χ1v) is 10.5. The van der Waals surface area contributed by atoms with E-state index >= 15 is 0 Å². The van der Waals surface area contributed by atoms with Gasteiger partial charge < -0.3 is 0 Å². The summed E-state index contributed by atoms with van der Waals surface area (Å²) in [4.78, 5) is 4.47. The molecule has 0 unspecified atom stereocenters. The zero-order valence-corrected chi connectivity index (χ0v) is 16.8. The fourth-order valence-electron chi connectivity index (χ4n) is 5.03. The van der Waals surface area contributed by atoms with Crippen LogP contribution in [0.15, 0.2) is 103 Å². The quantitative estimate of drug-likeness (QED) is 0.363. The molecule has 0 bridgehead atoms. The Kier molecular flexibility index (Phi) is 3.30. The molecule has 0 atom stereocenters. The molecule has 0 amide bonds. The third kappa shape index (κ3) is 2.19. The van der Waals surface area contributed by atoms with Gasteiger partial charge in [-0.15, -0.1) is 0 Å².